The number of hydrogen-bond acceptors (Lipinski definition) is 0. The maximum Gasteiger partial charge on any atom is -0.0266 e. The molecule has 0 saturated heterocycles. The van der Waals surface area contributed by atoms with Gasteiger partial charge in [-0.1, -0.05) is 39.0 Å². The van der Waals surface area contributed by atoms with E-state index in [1.807, 2.05) is 0 Å². The smallest absolute Gasteiger partial charge is 0.0266 e. The molecule has 0 aliphatic heterocycles. The summed E-state index contributed by atoms with van der Waals surface area (Å²) in [6, 6.07) is 0. The van der Waals surface area contributed by atoms with Crippen molar-refractivity contribution in [2.45, 2.75) is 64.7 Å². The maximum absolute atomic E-state index is 2.35. The highest BCUT2D eigenvalue weighted by atomic mass is 14.6. The van der Waals surface area contributed by atoms with Crippen molar-refractivity contribution in [3.63, 3.8) is 0 Å². The van der Waals surface area contributed by atoms with Crippen LogP contribution in [-0.4, -0.2) is 0 Å². The molecule has 2 aliphatic carbocycles. The van der Waals surface area contributed by atoms with Crippen LogP contribution >= 0.6 is 0 Å². The molecule has 0 aromatic heterocycles. The average Bonchev–Trinajstić information content (AvgIpc) is 2.65. The quantitative estimate of drug-likeness (QED) is 0.578. The monoisotopic (exact) mass is 166 g/mol. The van der Waals surface area contributed by atoms with Gasteiger partial charge in [-0.15, -0.1) is 0 Å². The molecule has 0 heterocycles. The van der Waals surface area contributed by atoms with Crippen molar-refractivity contribution >= 4 is 0 Å². The summed E-state index contributed by atoms with van der Waals surface area (Å²) >= 11 is 0. The lowest BCUT2D eigenvalue weighted by atomic mass is 9.87. The standard InChI is InChI=1S/C12H22/c1-2-8-12-9-6-4-3-5-7-11(12)10-12/h11H,2-10H2,1H3. The van der Waals surface area contributed by atoms with Crippen LogP contribution < -0.4 is 0 Å². The summed E-state index contributed by atoms with van der Waals surface area (Å²) in [5, 5.41) is 0. The van der Waals surface area contributed by atoms with Crippen molar-refractivity contribution in [2.24, 2.45) is 11.3 Å². The van der Waals surface area contributed by atoms with E-state index in [4.69, 9.17) is 0 Å². The Hall–Kier alpha value is 0. The topological polar surface area (TPSA) is 0 Å². The molecule has 0 heteroatoms. The van der Waals surface area contributed by atoms with E-state index in [1.165, 1.54) is 38.5 Å². The van der Waals surface area contributed by atoms with Crippen LogP contribution in [0, 0.1) is 11.3 Å². The zero-order valence-corrected chi connectivity index (χ0v) is 8.44. The van der Waals surface area contributed by atoms with Crippen molar-refractivity contribution < 1.29 is 0 Å². The molecule has 2 fully saturated rings. The molecule has 0 spiro atoms. The van der Waals surface area contributed by atoms with Crippen molar-refractivity contribution in [3.8, 4) is 0 Å². The van der Waals surface area contributed by atoms with E-state index in [9.17, 15) is 0 Å². The number of fused-ring (bicyclic) bond motifs is 1. The summed E-state index contributed by atoms with van der Waals surface area (Å²) in [7, 11) is 0. The minimum absolute atomic E-state index is 0.870. The first-order chi connectivity index (χ1) is 5.87. The summed E-state index contributed by atoms with van der Waals surface area (Å²) in [5.74, 6) is 1.15. The lowest BCUT2D eigenvalue weighted by Crippen LogP contribution is -2.06. The van der Waals surface area contributed by atoms with Crippen molar-refractivity contribution in [2.75, 3.05) is 0 Å². The third-order valence-corrected chi connectivity index (χ3v) is 4.08. The van der Waals surface area contributed by atoms with Crippen molar-refractivity contribution in [3.05, 3.63) is 0 Å². The van der Waals surface area contributed by atoms with Gasteiger partial charge in [0.2, 0.25) is 0 Å². The Labute approximate surface area is 76.7 Å². The Morgan fingerprint density at radius 1 is 1.17 bits per heavy atom. The van der Waals surface area contributed by atoms with E-state index in [0.29, 0.717) is 0 Å². The van der Waals surface area contributed by atoms with Crippen molar-refractivity contribution in [1.82, 2.24) is 0 Å². The summed E-state index contributed by atoms with van der Waals surface area (Å²) in [5.41, 5.74) is 0.870. The van der Waals surface area contributed by atoms with Crippen LogP contribution in [0.2, 0.25) is 0 Å². The zero-order chi connectivity index (χ0) is 8.44. The summed E-state index contributed by atoms with van der Waals surface area (Å²) in [4.78, 5) is 0. The summed E-state index contributed by atoms with van der Waals surface area (Å²) in [6.45, 7) is 2.35. The Morgan fingerprint density at radius 2 is 2.00 bits per heavy atom. The minimum atomic E-state index is 0.870. The lowest BCUT2D eigenvalue weighted by molar-refractivity contribution is 0.332. The van der Waals surface area contributed by atoms with Gasteiger partial charge in [0.25, 0.3) is 0 Å². The summed E-state index contributed by atoms with van der Waals surface area (Å²) < 4.78 is 0. The van der Waals surface area contributed by atoms with Gasteiger partial charge in [-0.2, -0.15) is 0 Å². The van der Waals surface area contributed by atoms with Gasteiger partial charge in [0.1, 0.15) is 0 Å². The van der Waals surface area contributed by atoms with E-state index in [-0.39, 0.29) is 0 Å². The third-order valence-electron chi connectivity index (χ3n) is 4.08. The van der Waals surface area contributed by atoms with E-state index >= 15 is 0 Å². The van der Waals surface area contributed by atoms with Crippen LogP contribution in [0.25, 0.3) is 0 Å². The van der Waals surface area contributed by atoms with Crippen LogP contribution in [0.4, 0.5) is 0 Å². The molecule has 0 bridgehead atoms. The molecule has 0 aromatic rings. The van der Waals surface area contributed by atoms with E-state index in [1.54, 1.807) is 19.3 Å². The molecule has 0 aromatic carbocycles. The fourth-order valence-electron chi connectivity index (χ4n) is 3.30. The second kappa shape index (κ2) is 3.40. The van der Waals surface area contributed by atoms with Crippen LogP contribution in [0.1, 0.15) is 64.7 Å². The highest BCUT2D eigenvalue weighted by Gasteiger charge is 2.51. The predicted molar refractivity (Wildman–Crippen MR) is 53.2 cm³/mol. The molecule has 2 saturated carbocycles. The molecule has 2 atom stereocenters. The number of hydrogen-bond donors (Lipinski definition) is 0. The summed E-state index contributed by atoms with van der Waals surface area (Å²) in [6.07, 6.45) is 13.7. The largest absolute Gasteiger partial charge is 0.0654 e. The first-order valence-corrected chi connectivity index (χ1v) is 5.87. The third kappa shape index (κ3) is 1.53. The van der Waals surface area contributed by atoms with Crippen LogP contribution in [-0.2, 0) is 0 Å². The molecule has 2 rings (SSSR count). The zero-order valence-electron chi connectivity index (χ0n) is 8.44. The normalized spacial score (nSPS) is 41.2. The fourth-order valence-corrected chi connectivity index (χ4v) is 3.30. The molecule has 70 valence electrons. The Kier molecular flexibility index (Phi) is 2.43. The highest BCUT2D eigenvalue weighted by molar-refractivity contribution is 5.01. The molecule has 0 N–H and O–H groups in total. The molecule has 12 heavy (non-hydrogen) atoms. The van der Waals surface area contributed by atoms with Gasteiger partial charge in [0, 0.05) is 0 Å². The van der Waals surface area contributed by atoms with Gasteiger partial charge < -0.3 is 0 Å². The average molecular weight is 166 g/mol. The van der Waals surface area contributed by atoms with Gasteiger partial charge in [-0.3, -0.25) is 0 Å². The maximum atomic E-state index is 2.35. The lowest BCUT2D eigenvalue weighted by Gasteiger charge is -2.18. The molecule has 0 nitrogen and oxygen atoms in total. The van der Waals surface area contributed by atoms with Crippen LogP contribution in [0.5, 0.6) is 0 Å². The van der Waals surface area contributed by atoms with Crippen LogP contribution in [0.3, 0.4) is 0 Å². The van der Waals surface area contributed by atoms with Crippen molar-refractivity contribution in [1.29, 1.82) is 0 Å². The van der Waals surface area contributed by atoms with Gasteiger partial charge in [0.15, 0.2) is 0 Å². The van der Waals surface area contributed by atoms with E-state index in [2.05, 4.69) is 6.92 Å². The SMILES string of the molecule is CCCC12CCCCCCC1C2. The molecule has 0 radical (unpaired) electrons. The molecule has 2 aliphatic rings. The first-order valence-electron chi connectivity index (χ1n) is 5.87. The number of rotatable bonds is 2. The first kappa shape index (κ1) is 8.59. The highest BCUT2D eigenvalue weighted by Crippen LogP contribution is 2.62. The Balaban J connectivity index is 1.89. The predicted octanol–water partition coefficient (Wildman–Crippen LogP) is 4.15. The second-order valence-electron chi connectivity index (χ2n) is 4.97. The molecule has 0 amide bonds. The van der Waals surface area contributed by atoms with Gasteiger partial charge in [-0.25, -0.2) is 0 Å². The molecular weight excluding hydrogens is 144 g/mol. The van der Waals surface area contributed by atoms with Gasteiger partial charge >= 0.3 is 0 Å². The Morgan fingerprint density at radius 3 is 2.83 bits per heavy atom. The van der Waals surface area contributed by atoms with Gasteiger partial charge in [-0.05, 0) is 37.0 Å². The van der Waals surface area contributed by atoms with Gasteiger partial charge in [0.05, 0.1) is 0 Å². The second-order valence-corrected chi connectivity index (χ2v) is 4.97. The van der Waals surface area contributed by atoms with Crippen LogP contribution in [0.15, 0.2) is 0 Å². The molecular formula is C12H22. The Bertz CT molecular complexity index is 150. The fraction of sp³-hybridized carbons (Fsp3) is 1.00. The van der Waals surface area contributed by atoms with E-state index < -0.39 is 0 Å². The molecule has 2 unspecified atom stereocenters. The minimum Gasteiger partial charge on any atom is -0.0654 e. The van der Waals surface area contributed by atoms with E-state index in [0.717, 1.165) is 11.3 Å².